The molecule has 0 atom stereocenters. The first kappa shape index (κ1) is 13.5. The van der Waals surface area contributed by atoms with E-state index in [1.165, 1.54) is 11.1 Å². The highest BCUT2D eigenvalue weighted by Crippen LogP contribution is 2.19. The zero-order valence-electron chi connectivity index (χ0n) is 10.7. The Bertz CT molecular complexity index is 324. The summed E-state index contributed by atoms with van der Waals surface area (Å²) in [6.45, 7) is 10.7. The van der Waals surface area contributed by atoms with E-state index in [2.05, 4.69) is 44.1 Å². The van der Waals surface area contributed by atoms with Crippen LogP contribution in [0.4, 0.5) is 0 Å². The molecule has 16 heavy (non-hydrogen) atoms. The minimum atomic E-state index is 0.698. The van der Waals surface area contributed by atoms with Gasteiger partial charge < -0.3 is 5.32 Å². The number of nitrogens with zero attached hydrogens (tertiary/aromatic N) is 1. The first-order valence-corrected chi connectivity index (χ1v) is 6.91. The fraction of sp³-hybridized carbons (Fsp3) is 0.615. The Morgan fingerprint density at radius 2 is 2.19 bits per heavy atom. The third kappa shape index (κ3) is 4.54. The maximum absolute atomic E-state index is 4.49. The third-order valence-electron chi connectivity index (χ3n) is 2.25. The molecule has 0 unspecified atom stereocenters. The van der Waals surface area contributed by atoms with Crippen LogP contribution in [0.15, 0.2) is 17.3 Å². The first-order valence-electron chi connectivity index (χ1n) is 5.92. The molecule has 2 nitrogen and oxygen atoms in total. The lowest BCUT2D eigenvalue weighted by Gasteiger charge is -2.09. The topological polar surface area (TPSA) is 24.9 Å². The monoisotopic (exact) mass is 238 g/mol. The Hall–Kier alpha value is -0.540. The van der Waals surface area contributed by atoms with Gasteiger partial charge in [0.2, 0.25) is 0 Å². The van der Waals surface area contributed by atoms with Crippen LogP contribution in [0.25, 0.3) is 0 Å². The Morgan fingerprint density at radius 1 is 1.44 bits per heavy atom. The van der Waals surface area contributed by atoms with Gasteiger partial charge in [-0.05, 0) is 36.3 Å². The van der Waals surface area contributed by atoms with Crippen molar-refractivity contribution in [2.75, 3.05) is 12.3 Å². The molecular formula is C13H22N2S. The molecule has 0 radical (unpaired) electrons. The van der Waals surface area contributed by atoms with Gasteiger partial charge >= 0.3 is 0 Å². The van der Waals surface area contributed by atoms with Crippen LogP contribution in [-0.4, -0.2) is 17.3 Å². The van der Waals surface area contributed by atoms with E-state index in [1.807, 2.05) is 18.0 Å². The maximum atomic E-state index is 4.49. The van der Waals surface area contributed by atoms with Gasteiger partial charge in [-0.1, -0.05) is 26.8 Å². The van der Waals surface area contributed by atoms with Crippen molar-refractivity contribution in [1.82, 2.24) is 10.3 Å². The predicted molar refractivity (Wildman–Crippen MR) is 71.9 cm³/mol. The van der Waals surface area contributed by atoms with E-state index in [0.29, 0.717) is 5.92 Å². The molecule has 1 rings (SSSR count). The van der Waals surface area contributed by atoms with Gasteiger partial charge in [-0.2, -0.15) is 0 Å². The normalized spacial score (nSPS) is 11.1. The van der Waals surface area contributed by atoms with E-state index in [-0.39, 0.29) is 0 Å². The molecule has 0 aliphatic carbocycles. The minimum Gasteiger partial charge on any atom is -0.312 e. The van der Waals surface area contributed by atoms with Gasteiger partial charge in [0.05, 0.1) is 5.03 Å². The van der Waals surface area contributed by atoms with Crippen LogP contribution in [0.2, 0.25) is 0 Å². The van der Waals surface area contributed by atoms with Crippen LogP contribution in [0, 0.1) is 12.8 Å². The molecular weight excluding hydrogens is 216 g/mol. The van der Waals surface area contributed by atoms with Crippen LogP contribution in [0.1, 0.15) is 31.9 Å². The van der Waals surface area contributed by atoms with Crippen molar-refractivity contribution in [3.63, 3.8) is 0 Å². The summed E-state index contributed by atoms with van der Waals surface area (Å²) in [5.74, 6) is 1.78. The molecule has 0 saturated heterocycles. The average molecular weight is 238 g/mol. The van der Waals surface area contributed by atoms with Crippen molar-refractivity contribution in [2.45, 2.75) is 39.3 Å². The average Bonchev–Trinajstić information content (AvgIpc) is 2.21. The van der Waals surface area contributed by atoms with Crippen molar-refractivity contribution in [1.29, 1.82) is 0 Å². The summed E-state index contributed by atoms with van der Waals surface area (Å²) in [7, 11) is 0. The number of rotatable bonds is 6. The van der Waals surface area contributed by atoms with Crippen LogP contribution < -0.4 is 5.32 Å². The smallest absolute Gasteiger partial charge is 0.0989 e. The third-order valence-corrected chi connectivity index (χ3v) is 3.24. The summed E-state index contributed by atoms with van der Waals surface area (Å²) in [6.07, 6.45) is 1.98. The van der Waals surface area contributed by atoms with Crippen LogP contribution in [0.5, 0.6) is 0 Å². The molecule has 1 aromatic heterocycles. The van der Waals surface area contributed by atoms with Crippen LogP contribution in [0.3, 0.4) is 0 Å². The number of aromatic nitrogens is 1. The number of hydrogen-bond donors (Lipinski definition) is 1. The number of hydrogen-bond acceptors (Lipinski definition) is 3. The Morgan fingerprint density at radius 3 is 2.75 bits per heavy atom. The summed E-state index contributed by atoms with van der Waals surface area (Å²) in [6, 6.07) is 2.23. The highest BCUT2D eigenvalue weighted by molar-refractivity contribution is 7.99. The molecule has 0 bridgehead atoms. The van der Waals surface area contributed by atoms with E-state index < -0.39 is 0 Å². The zero-order chi connectivity index (χ0) is 12.0. The number of nitrogens with one attached hydrogen (secondary N) is 1. The second-order valence-electron chi connectivity index (χ2n) is 4.42. The molecule has 1 N–H and O–H groups in total. The lowest BCUT2D eigenvalue weighted by molar-refractivity contribution is 0.551. The van der Waals surface area contributed by atoms with Gasteiger partial charge in [0.25, 0.3) is 0 Å². The summed E-state index contributed by atoms with van der Waals surface area (Å²) < 4.78 is 0. The standard InChI is InChI=1S/C13H22N2S/c1-5-16-13-11(4)6-12(9-15-13)8-14-7-10(2)3/h6,9-10,14H,5,7-8H2,1-4H3. The Balaban J connectivity index is 2.52. The molecule has 1 heterocycles. The van der Waals surface area contributed by atoms with E-state index in [4.69, 9.17) is 0 Å². The second-order valence-corrected chi connectivity index (χ2v) is 5.68. The number of aryl methyl sites for hydroxylation is 1. The zero-order valence-corrected chi connectivity index (χ0v) is 11.5. The summed E-state index contributed by atoms with van der Waals surface area (Å²) in [5, 5.41) is 4.60. The van der Waals surface area contributed by atoms with Crippen molar-refractivity contribution in [3.8, 4) is 0 Å². The highest BCUT2D eigenvalue weighted by Gasteiger charge is 2.01. The Kier molecular flexibility index (Phi) is 5.85. The van der Waals surface area contributed by atoms with E-state index in [1.54, 1.807) is 0 Å². The Labute approximate surface area is 103 Å². The maximum Gasteiger partial charge on any atom is 0.0989 e. The largest absolute Gasteiger partial charge is 0.312 e. The SMILES string of the molecule is CCSc1ncc(CNCC(C)C)cc1C. The molecule has 0 aliphatic heterocycles. The van der Waals surface area contributed by atoms with E-state index in [0.717, 1.165) is 23.9 Å². The molecule has 3 heteroatoms. The predicted octanol–water partition coefficient (Wildman–Crippen LogP) is 3.25. The lowest BCUT2D eigenvalue weighted by atomic mass is 10.2. The van der Waals surface area contributed by atoms with Crippen molar-refractivity contribution < 1.29 is 0 Å². The molecule has 0 spiro atoms. The van der Waals surface area contributed by atoms with Gasteiger partial charge in [0.15, 0.2) is 0 Å². The fourth-order valence-electron chi connectivity index (χ4n) is 1.51. The van der Waals surface area contributed by atoms with Crippen LogP contribution in [-0.2, 0) is 6.54 Å². The van der Waals surface area contributed by atoms with Gasteiger partial charge in [0.1, 0.15) is 0 Å². The van der Waals surface area contributed by atoms with Crippen molar-refractivity contribution >= 4 is 11.8 Å². The van der Waals surface area contributed by atoms with Gasteiger partial charge in [-0.3, -0.25) is 0 Å². The number of thioether (sulfide) groups is 1. The molecule has 0 aromatic carbocycles. The molecule has 0 aliphatic rings. The summed E-state index contributed by atoms with van der Waals surface area (Å²) >= 11 is 1.81. The fourth-order valence-corrected chi connectivity index (χ4v) is 2.20. The summed E-state index contributed by atoms with van der Waals surface area (Å²) in [5.41, 5.74) is 2.56. The lowest BCUT2D eigenvalue weighted by Crippen LogP contribution is -2.19. The van der Waals surface area contributed by atoms with Crippen LogP contribution >= 0.6 is 11.8 Å². The quantitative estimate of drug-likeness (QED) is 0.770. The minimum absolute atomic E-state index is 0.698. The van der Waals surface area contributed by atoms with Crippen molar-refractivity contribution in [3.05, 3.63) is 23.4 Å². The van der Waals surface area contributed by atoms with E-state index >= 15 is 0 Å². The van der Waals surface area contributed by atoms with Gasteiger partial charge in [-0.15, -0.1) is 11.8 Å². The van der Waals surface area contributed by atoms with Gasteiger partial charge in [-0.25, -0.2) is 4.98 Å². The van der Waals surface area contributed by atoms with E-state index in [9.17, 15) is 0 Å². The first-order chi connectivity index (χ1) is 7.63. The number of pyridine rings is 1. The molecule has 0 saturated carbocycles. The highest BCUT2D eigenvalue weighted by atomic mass is 32.2. The van der Waals surface area contributed by atoms with Crippen molar-refractivity contribution in [2.24, 2.45) is 5.92 Å². The molecule has 1 aromatic rings. The molecule has 90 valence electrons. The van der Waals surface area contributed by atoms with Gasteiger partial charge in [0, 0.05) is 12.7 Å². The molecule has 0 amide bonds. The second kappa shape index (κ2) is 6.92. The molecule has 0 fully saturated rings. The summed E-state index contributed by atoms with van der Waals surface area (Å²) in [4.78, 5) is 4.49.